The lowest BCUT2D eigenvalue weighted by Crippen LogP contribution is -2.09. The number of hydrogen-bond donors (Lipinski definition) is 1. The van der Waals surface area contributed by atoms with E-state index in [2.05, 4.69) is 10.1 Å². The van der Waals surface area contributed by atoms with Crippen LogP contribution in [0, 0.1) is 0 Å². The number of ether oxygens (including phenoxy) is 1. The van der Waals surface area contributed by atoms with E-state index in [4.69, 9.17) is 11.6 Å². The highest BCUT2D eigenvalue weighted by molar-refractivity contribution is 7.17. The summed E-state index contributed by atoms with van der Waals surface area (Å²) in [7, 11) is 1.30. The highest BCUT2D eigenvalue weighted by Gasteiger charge is 2.33. The summed E-state index contributed by atoms with van der Waals surface area (Å²) in [5.41, 5.74) is 0.274. The summed E-state index contributed by atoms with van der Waals surface area (Å²) in [4.78, 5) is 23.7. The zero-order valence-corrected chi connectivity index (χ0v) is 11.1. The largest absolute Gasteiger partial charge is 0.465 e. The van der Waals surface area contributed by atoms with Gasteiger partial charge in [0, 0.05) is 11.8 Å². The molecule has 17 heavy (non-hydrogen) atoms. The van der Waals surface area contributed by atoms with Gasteiger partial charge in [0.1, 0.15) is 10.6 Å². The predicted molar refractivity (Wildman–Crippen MR) is 66.9 cm³/mol. The molecule has 1 aliphatic rings. The van der Waals surface area contributed by atoms with Crippen LogP contribution in [0.1, 0.15) is 40.9 Å². The molecule has 0 aliphatic heterocycles. The van der Waals surface area contributed by atoms with Crippen molar-refractivity contribution in [1.82, 2.24) is 0 Å². The second-order valence-electron chi connectivity index (χ2n) is 3.93. The molecular weight excluding hydrogens is 262 g/mol. The third-order valence-corrected chi connectivity index (χ3v) is 4.27. The molecule has 0 bridgehead atoms. The lowest BCUT2D eigenvalue weighted by molar-refractivity contribution is -0.114. The van der Waals surface area contributed by atoms with Crippen LogP contribution < -0.4 is 5.32 Å². The van der Waals surface area contributed by atoms with E-state index in [-0.39, 0.29) is 11.5 Å². The first-order chi connectivity index (χ1) is 8.04. The van der Waals surface area contributed by atoms with E-state index in [9.17, 15) is 9.59 Å². The molecule has 0 saturated heterocycles. The van der Waals surface area contributed by atoms with Crippen LogP contribution in [0.3, 0.4) is 0 Å². The summed E-state index contributed by atoms with van der Waals surface area (Å²) >= 11 is 7.54. The first-order valence-electron chi connectivity index (χ1n) is 5.22. The number of esters is 1. The number of halogens is 1. The molecule has 92 valence electrons. The van der Waals surface area contributed by atoms with Crippen LogP contribution in [-0.2, 0) is 9.53 Å². The van der Waals surface area contributed by atoms with Crippen LogP contribution in [0.25, 0.3) is 0 Å². The van der Waals surface area contributed by atoms with E-state index in [0.717, 1.165) is 17.7 Å². The fourth-order valence-electron chi connectivity index (χ4n) is 1.57. The molecular formula is C11H12ClNO3S. The maximum absolute atomic E-state index is 11.6. The van der Waals surface area contributed by atoms with Gasteiger partial charge in [0.15, 0.2) is 0 Å². The summed E-state index contributed by atoms with van der Waals surface area (Å²) in [6.45, 7) is 1.39. The van der Waals surface area contributed by atoms with Crippen LogP contribution in [0.5, 0.6) is 0 Å². The van der Waals surface area contributed by atoms with Gasteiger partial charge in [0.05, 0.1) is 12.1 Å². The Bertz CT molecular complexity index is 479. The van der Waals surface area contributed by atoms with Gasteiger partial charge >= 0.3 is 5.97 Å². The lowest BCUT2D eigenvalue weighted by atomic mass is 10.2. The van der Waals surface area contributed by atoms with Gasteiger partial charge in [-0.25, -0.2) is 4.79 Å². The number of nitrogens with one attached hydrogen (secondary N) is 1. The van der Waals surface area contributed by atoms with Gasteiger partial charge in [0.25, 0.3) is 0 Å². The predicted octanol–water partition coefficient (Wildman–Crippen LogP) is 3.02. The van der Waals surface area contributed by atoms with E-state index >= 15 is 0 Å². The van der Waals surface area contributed by atoms with Crippen molar-refractivity contribution < 1.29 is 14.3 Å². The second-order valence-corrected chi connectivity index (χ2v) is 5.36. The minimum Gasteiger partial charge on any atom is -0.465 e. The van der Waals surface area contributed by atoms with Crippen LogP contribution in [0.15, 0.2) is 0 Å². The zero-order chi connectivity index (χ0) is 12.6. The Morgan fingerprint density at radius 1 is 1.47 bits per heavy atom. The summed E-state index contributed by atoms with van der Waals surface area (Å²) in [5, 5.41) is 3.53. The van der Waals surface area contributed by atoms with Crippen LogP contribution >= 0.6 is 22.9 Å². The molecule has 1 N–H and O–H groups in total. The normalized spacial score (nSPS) is 14.5. The quantitative estimate of drug-likeness (QED) is 0.861. The fourth-order valence-corrected chi connectivity index (χ4v) is 3.36. The smallest absolute Gasteiger partial charge is 0.342 e. The molecule has 0 aromatic carbocycles. The number of amides is 1. The molecule has 1 aromatic heterocycles. The van der Waals surface area contributed by atoms with Gasteiger partial charge in [0.2, 0.25) is 5.91 Å². The molecule has 1 fully saturated rings. The Morgan fingerprint density at radius 2 is 2.12 bits per heavy atom. The molecule has 1 aliphatic carbocycles. The average Bonchev–Trinajstić information content (AvgIpc) is 3.04. The summed E-state index contributed by atoms with van der Waals surface area (Å²) < 4.78 is 4.68. The van der Waals surface area contributed by atoms with Gasteiger partial charge in [-0.15, -0.1) is 11.3 Å². The molecule has 0 spiro atoms. The van der Waals surface area contributed by atoms with Gasteiger partial charge in [-0.05, 0) is 18.8 Å². The van der Waals surface area contributed by atoms with Crippen molar-refractivity contribution >= 4 is 39.8 Å². The number of rotatable bonds is 3. The van der Waals surface area contributed by atoms with Crippen LogP contribution in [0.2, 0.25) is 5.02 Å². The third-order valence-electron chi connectivity index (χ3n) is 2.50. The first-order valence-corrected chi connectivity index (χ1v) is 6.42. The van der Waals surface area contributed by atoms with E-state index in [1.807, 2.05) is 0 Å². The minimum atomic E-state index is -0.512. The molecule has 0 unspecified atom stereocenters. The second kappa shape index (κ2) is 4.66. The molecule has 4 nitrogen and oxygen atoms in total. The third kappa shape index (κ3) is 2.45. The highest BCUT2D eigenvalue weighted by atomic mass is 35.5. The Morgan fingerprint density at radius 3 is 2.59 bits per heavy atom. The number of anilines is 1. The summed E-state index contributed by atoms with van der Waals surface area (Å²) in [5.74, 6) is -0.310. The van der Waals surface area contributed by atoms with Gasteiger partial charge < -0.3 is 10.1 Å². The topological polar surface area (TPSA) is 55.4 Å². The number of carbonyl (C=O) groups is 2. The lowest BCUT2D eigenvalue weighted by Gasteiger charge is -2.02. The van der Waals surface area contributed by atoms with Gasteiger partial charge in [-0.3, -0.25) is 4.79 Å². The van der Waals surface area contributed by atoms with Crippen molar-refractivity contribution in [2.45, 2.75) is 25.7 Å². The highest BCUT2D eigenvalue weighted by Crippen LogP contribution is 2.50. The first kappa shape index (κ1) is 12.4. The van der Waals surface area contributed by atoms with Crippen LogP contribution in [-0.4, -0.2) is 19.0 Å². The van der Waals surface area contributed by atoms with E-state index in [1.54, 1.807) is 0 Å². The number of thiophene rings is 1. The monoisotopic (exact) mass is 273 g/mol. The summed E-state index contributed by atoms with van der Waals surface area (Å²) in [6.07, 6.45) is 2.17. The molecule has 1 saturated carbocycles. The molecule has 1 heterocycles. The molecule has 0 atom stereocenters. The van der Waals surface area contributed by atoms with Crippen molar-refractivity contribution in [2.24, 2.45) is 0 Å². The van der Waals surface area contributed by atoms with E-state index in [1.165, 1.54) is 25.4 Å². The number of methoxy groups -OCH3 is 1. The molecule has 2 rings (SSSR count). The summed E-state index contributed by atoms with van der Waals surface area (Å²) in [6, 6.07) is 0. The fraction of sp³-hybridized carbons (Fsp3) is 0.455. The van der Waals surface area contributed by atoms with Gasteiger partial charge in [-0.1, -0.05) is 11.6 Å². The maximum Gasteiger partial charge on any atom is 0.342 e. The van der Waals surface area contributed by atoms with E-state index in [0.29, 0.717) is 15.9 Å². The van der Waals surface area contributed by atoms with E-state index < -0.39 is 5.97 Å². The Balaban J connectivity index is 2.43. The molecule has 1 amide bonds. The Hall–Kier alpha value is -1.07. The molecule has 1 aromatic rings. The SMILES string of the molecule is COC(=O)c1c(NC(C)=O)sc(C2CC2)c1Cl. The number of hydrogen-bond acceptors (Lipinski definition) is 4. The van der Waals surface area contributed by atoms with Crippen LogP contribution in [0.4, 0.5) is 5.00 Å². The zero-order valence-electron chi connectivity index (χ0n) is 9.50. The van der Waals surface area contributed by atoms with Crippen molar-refractivity contribution in [2.75, 3.05) is 12.4 Å². The number of carbonyl (C=O) groups excluding carboxylic acids is 2. The van der Waals surface area contributed by atoms with Crippen molar-refractivity contribution in [3.05, 3.63) is 15.5 Å². The Labute approximate surface area is 108 Å². The minimum absolute atomic E-state index is 0.226. The van der Waals surface area contributed by atoms with Crippen molar-refractivity contribution in [3.63, 3.8) is 0 Å². The van der Waals surface area contributed by atoms with Crippen molar-refractivity contribution in [1.29, 1.82) is 0 Å². The Kier molecular flexibility index (Phi) is 3.40. The molecule has 0 radical (unpaired) electrons. The van der Waals surface area contributed by atoms with Crippen molar-refractivity contribution in [3.8, 4) is 0 Å². The molecule has 6 heteroatoms. The average molecular weight is 274 g/mol. The standard InChI is InChI=1S/C11H12ClNO3S/c1-5(14)13-10-7(11(15)16-2)8(12)9(17-10)6-3-4-6/h6H,3-4H2,1-2H3,(H,13,14). The maximum atomic E-state index is 11.6. The van der Waals surface area contributed by atoms with Gasteiger partial charge in [-0.2, -0.15) is 0 Å².